The Morgan fingerprint density at radius 3 is 2.54 bits per heavy atom. The van der Waals surface area contributed by atoms with Crippen LogP contribution in [0.15, 0.2) is 47.7 Å². The third kappa shape index (κ3) is 3.81. The first-order chi connectivity index (χ1) is 12.5. The number of amides is 1. The van der Waals surface area contributed by atoms with Gasteiger partial charge < -0.3 is 5.11 Å². The Balaban J connectivity index is 1.70. The van der Waals surface area contributed by atoms with E-state index in [2.05, 4.69) is 15.5 Å². The van der Waals surface area contributed by atoms with Crippen LogP contribution in [0.2, 0.25) is 0 Å². The van der Waals surface area contributed by atoms with Crippen molar-refractivity contribution in [3.8, 4) is 16.3 Å². The predicted molar refractivity (Wildman–Crippen MR) is 105 cm³/mol. The summed E-state index contributed by atoms with van der Waals surface area (Å²) in [4.78, 5) is 17.1. The van der Waals surface area contributed by atoms with Gasteiger partial charge in [0.05, 0.1) is 12.4 Å². The highest BCUT2D eigenvalue weighted by Gasteiger charge is 2.12. The van der Waals surface area contributed by atoms with Crippen molar-refractivity contribution < 1.29 is 9.90 Å². The molecule has 0 saturated heterocycles. The zero-order chi connectivity index (χ0) is 18.7. The Hall–Kier alpha value is -2.99. The van der Waals surface area contributed by atoms with Crippen molar-refractivity contribution in [2.45, 2.75) is 20.8 Å². The Morgan fingerprint density at radius 2 is 1.85 bits per heavy atom. The number of thiazole rings is 1. The van der Waals surface area contributed by atoms with E-state index in [0.717, 1.165) is 32.8 Å². The third-order valence-electron chi connectivity index (χ3n) is 4.00. The summed E-state index contributed by atoms with van der Waals surface area (Å²) in [6.45, 7) is 5.66. The summed E-state index contributed by atoms with van der Waals surface area (Å²) in [6, 6.07) is 11.5. The Morgan fingerprint density at radius 1 is 1.15 bits per heavy atom. The lowest BCUT2D eigenvalue weighted by Gasteiger charge is -2.04. The van der Waals surface area contributed by atoms with Crippen molar-refractivity contribution in [2.75, 3.05) is 0 Å². The van der Waals surface area contributed by atoms with Crippen LogP contribution in [-0.4, -0.2) is 22.2 Å². The molecule has 0 fully saturated rings. The molecule has 1 amide bonds. The third-order valence-corrected chi connectivity index (χ3v) is 5.03. The summed E-state index contributed by atoms with van der Waals surface area (Å²) in [5, 5.41) is 14.6. The molecule has 26 heavy (non-hydrogen) atoms. The molecule has 0 unspecified atom stereocenters. The van der Waals surface area contributed by atoms with E-state index in [1.165, 1.54) is 11.3 Å². The first-order valence-electron chi connectivity index (χ1n) is 8.11. The van der Waals surface area contributed by atoms with Crippen molar-refractivity contribution >= 4 is 23.5 Å². The second-order valence-corrected chi connectivity index (χ2v) is 7.08. The number of hydrogen-bond acceptors (Lipinski definition) is 5. The van der Waals surface area contributed by atoms with Crippen LogP contribution in [-0.2, 0) is 0 Å². The minimum absolute atomic E-state index is 0.277. The van der Waals surface area contributed by atoms with Crippen LogP contribution in [0.4, 0.5) is 0 Å². The summed E-state index contributed by atoms with van der Waals surface area (Å²) in [7, 11) is 0. The van der Waals surface area contributed by atoms with Crippen molar-refractivity contribution in [3.05, 3.63) is 69.7 Å². The Labute approximate surface area is 156 Å². The van der Waals surface area contributed by atoms with Gasteiger partial charge >= 0.3 is 0 Å². The average Bonchev–Trinajstić information content (AvgIpc) is 3.10. The van der Waals surface area contributed by atoms with E-state index < -0.39 is 0 Å². The van der Waals surface area contributed by atoms with Crippen molar-refractivity contribution in [1.29, 1.82) is 0 Å². The standard InChI is InChI=1S/C20H19N3O2S/c1-12-6-4-5-7-16(12)20-21-11-17(26-20)19(25)23-22-10-15-8-13(2)18(24)14(3)9-15/h4-11,24H,1-3H3,(H,23,25)/b22-10-. The van der Waals surface area contributed by atoms with Gasteiger partial charge in [0.25, 0.3) is 5.91 Å². The molecule has 132 valence electrons. The van der Waals surface area contributed by atoms with Gasteiger partial charge in [0.2, 0.25) is 0 Å². The lowest BCUT2D eigenvalue weighted by atomic mass is 10.1. The van der Waals surface area contributed by atoms with E-state index in [1.807, 2.05) is 45.0 Å². The largest absolute Gasteiger partial charge is 0.507 e. The molecule has 0 aliphatic heterocycles. The highest BCUT2D eigenvalue weighted by Crippen LogP contribution is 2.27. The molecular weight excluding hydrogens is 346 g/mol. The number of hydrogen-bond donors (Lipinski definition) is 2. The normalized spacial score (nSPS) is 11.0. The van der Waals surface area contributed by atoms with E-state index >= 15 is 0 Å². The molecule has 0 radical (unpaired) electrons. The fourth-order valence-corrected chi connectivity index (χ4v) is 3.50. The molecule has 2 N–H and O–H groups in total. The number of rotatable bonds is 4. The van der Waals surface area contributed by atoms with Gasteiger partial charge in [0.1, 0.15) is 15.6 Å². The molecule has 3 aromatic rings. The molecule has 5 nitrogen and oxygen atoms in total. The van der Waals surface area contributed by atoms with Gasteiger partial charge in [-0.15, -0.1) is 11.3 Å². The number of nitrogens with zero attached hydrogens (tertiary/aromatic N) is 2. The molecule has 0 spiro atoms. The SMILES string of the molecule is Cc1ccccc1-c1ncc(C(=O)N/N=C\c2cc(C)c(O)c(C)c2)s1. The summed E-state index contributed by atoms with van der Waals surface area (Å²) >= 11 is 1.33. The van der Waals surface area contributed by atoms with Crippen LogP contribution < -0.4 is 5.43 Å². The van der Waals surface area contributed by atoms with Crippen LogP contribution in [0.5, 0.6) is 5.75 Å². The van der Waals surface area contributed by atoms with Crippen molar-refractivity contribution in [2.24, 2.45) is 5.10 Å². The zero-order valence-corrected chi connectivity index (χ0v) is 15.6. The summed E-state index contributed by atoms with van der Waals surface area (Å²) in [5.74, 6) is -0.0228. The predicted octanol–water partition coefficient (Wildman–Crippen LogP) is 4.20. The van der Waals surface area contributed by atoms with Crippen molar-refractivity contribution in [1.82, 2.24) is 10.4 Å². The van der Waals surface area contributed by atoms with Gasteiger partial charge in [0.15, 0.2) is 0 Å². The molecule has 0 aliphatic carbocycles. The summed E-state index contributed by atoms with van der Waals surface area (Å²) in [5.41, 5.74) is 7.00. The first kappa shape index (κ1) is 17.8. The number of hydrazone groups is 1. The van der Waals surface area contributed by atoms with Crippen LogP contribution >= 0.6 is 11.3 Å². The molecule has 0 bridgehead atoms. The number of nitrogens with one attached hydrogen (secondary N) is 1. The fourth-order valence-electron chi connectivity index (χ4n) is 2.60. The highest BCUT2D eigenvalue weighted by molar-refractivity contribution is 7.16. The fraction of sp³-hybridized carbons (Fsp3) is 0.150. The Kier molecular flexibility index (Phi) is 5.14. The molecule has 3 rings (SSSR count). The zero-order valence-electron chi connectivity index (χ0n) is 14.8. The number of carbonyl (C=O) groups is 1. The van der Waals surface area contributed by atoms with Gasteiger partial charge in [-0.25, -0.2) is 10.4 Å². The summed E-state index contributed by atoms with van der Waals surface area (Å²) < 4.78 is 0. The van der Waals surface area contributed by atoms with Gasteiger partial charge in [-0.1, -0.05) is 24.3 Å². The van der Waals surface area contributed by atoms with E-state index in [4.69, 9.17) is 0 Å². The van der Waals surface area contributed by atoms with Crippen LogP contribution in [0.25, 0.3) is 10.6 Å². The smallest absolute Gasteiger partial charge is 0.283 e. The molecule has 6 heteroatoms. The monoisotopic (exact) mass is 365 g/mol. The number of aryl methyl sites for hydroxylation is 3. The van der Waals surface area contributed by atoms with E-state index in [9.17, 15) is 9.90 Å². The van der Waals surface area contributed by atoms with Gasteiger partial charge in [0, 0.05) is 5.56 Å². The molecule has 0 atom stereocenters. The number of phenolic OH excluding ortho intramolecular Hbond substituents is 1. The number of aromatic hydroxyl groups is 1. The maximum atomic E-state index is 12.3. The highest BCUT2D eigenvalue weighted by atomic mass is 32.1. The van der Waals surface area contributed by atoms with Crippen molar-refractivity contribution in [3.63, 3.8) is 0 Å². The molecule has 1 heterocycles. The second-order valence-electron chi connectivity index (χ2n) is 6.05. The van der Waals surface area contributed by atoms with Gasteiger partial charge in [-0.05, 0) is 55.2 Å². The average molecular weight is 365 g/mol. The molecule has 0 saturated carbocycles. The maximum Gasteiger partial charge on any atom is 0.283 e. The van der Waals surface area contributed by atoms with Crippen LogP contribution in [0, 0.1) is 20.8 Å². The topological polar surface area (TPSA) is 74.6 Å². The van der Waals surface area contributed by atoms with Crippen LogP contribution in [0.1, 0.15) is 31.9 Å². The van der Waals surface area contributed by atoms with Gasteiger partial charge in [-0.2, -0.15) is 5.10 Å². The summed E-state index contributed by atoms with van der Waals surface area (Å²) in [6.07, 6.45) is 3.12. The number of phenols is 1. The number of benzene rings is 2. The van der Waals surface area contributed by atoms with E-state index in [-0.39, 0.29) is 11.7 Å². The number of carbonyl (C=O) groups excluding carboxylic acids is 1. The number of aromatic nitrogens is 1. The Bertz CT molecular complexity index is 969. The van der Waals surface area contributed by atoms with E-state index in [0.29, 0.717) is 4.88 Å². The van der Waals surface area contributed by atoms with Gasteiger partial charge in [-0.3, -0.25) is 4.79 Å². The minimum Gasteiger partial charge on any atom is -0.507 e. The molecular formula is C20H19N3O2S. The lowest BCUT2D eigenvalue weighted by molar-refractivity contribution is 0.0959. The second kappa shape index (κ2) is 7.49. The minimum atomic E-state index is -0.300. The molecule has 2 aromatic carbocycles. The molecule has 0 aliphatic rings. The van der Waals surface area contributed by atoms with Crippen LogP contribution in [0.3, 0.4) is 0 Å². The molecule has 1 aromatic heterocycles. The first-order valence-corrected chi connectivity index (χ1v) is 8.93. The quantitative estimate of drug-likeness (QED) is 0.537. The lowest BCUT2D eigenvalue weighted by Crippen LogP contribution is -2.16. The maximum absolute atomic E-state index is 12.3. The van der Waals surface area contributed by atoms with E-state index in [1.54, 1.807) is 24.5 Å².